The van der Waals surface area contributed by atoms with E-state index in [0.717, 1.165) is 5.56 Å². The van der Waals surface area contributed by atoms with Gasteiger partial charge in [-0.3, -0.25) is 0 Å². The Kier molecular flexibility index (Phi) is 3.05. The lowest BCUT2D eigenvalue weighted by atomic mass is 9.98. The van der Waals surface area contributed by atoms with Crippen LogP contribution in [0.1, 0.15) is 29.2 Å². The predicted octanol–water partition coefficient (Wildman–Crippen LogP) is 2.22. The maximum absolute atomic E-state index is 8.51. The maximum atomic E-state index is 8.51. The summed E-state index contributed by atoms with van der Waals surface area (Å²) >= 11 is 0. The minimum absolute atomic E-state index is 0.148. The highest BCUT2D eigenvalue weighted by Gasteiger charge is 2.07. The number of benzene rings is 1. The van der Waals surface area contributed by atoms with Crippen LogP contribution in [0.25, 0.3) is 0 Å². The van der Waals surface area contributed by atoms with Gasteiger partial charge in [-0.2, -0.15) is 5.26 Å². The molecular formula is C11H14N2. The summed E-state index contributed by atoms with van der Waals surface area (Å²) in [5, 5.41) is 8.51. The van der Waals surface area contributed by atoms with Crippen molar-refractivity contribution in [2.75, 3.05) is 0 Å². The molecule has 0 aliphatic heterocycles. The first-order valence-corrected chi connectivity index (χ1v) is 4.35. The van der Waals surface area contributed by atoms with Crippen LogP contribution in [0.4, 0.5) is 0 Å². The third kappa shape index (κ3) is 2.30. The van der Waals surface area contributed by atoms with E-state index < -0.39 is 0 Å². The van der Waals surface area contributed by atoms with Gasteiger partial charge in [-0.25, -0.2) is 0 Å². The molecule has 1 aromatic carbocycles. The Balaban J connectivity index is 2.96. The summed E-state index contributed by atoms with van der Waals surface area (Å²) in [6.45, 7) is 4.08. The minimum atomic E-state index is -0.148. The first-order chi connectivity index (χ1) is 6.15. The average Bonchev–Trinajstić information content (AvgIpc) is 2.04. The number of rotatable bonds is 2. The topological polar surface area (TPSA) is 49.8 Å². The molecule has 0 aliphatic rings. The molecule has 0 aromatic heterocycles. The summed E-state index contributed by atoms with van der Waals surface area (Å²) in [6, 6.07) is 8.06. The third-order valence-corrected chi connectivity index (χ3v) is 2.14. The molecule has 1 rings (SSSR count). The molecule has 2 heteroatoms. The zero-order chi connectivity index (χ0) is 9.84. The molecule has 1 aromatic rings. The Morgan fingerprint density at radius 1 is 1.46 bits per heavy atom. The van der Waals surface area contributed by atoms with Crippen LogP contribution in [0.2, 0.25) is 0 Å². The summed E-state index contributed by atoms with van der Waals surface area (Å²) in [5.41, 5.74) is 9.31. The van der Waals surface area contributed by atoms with Crippen molar-refractivity contribution in [2.45, 2.75) is 26.3 Å². The van der Waals surface area contributed by atoms with Gasteiger partial charge in [0.15, 0.2) is 0 Å². The van der Waals surface area contributed by atoms with Crippen molar-refractivity contribution in [1.82, 2.24) is 0 Å². The lowest BCUT2D eigenvalue weighted by Crippen LogP contribution is -2.10. The van der Waals surface area contributed by atoms with E-state index >= 15 is 0 Å². The van der Waals surface area contributed by atoms with E-state index in [1.807, 2.05) is 26.0 Å². The number of hydrogen-bond acceptors (Lipinski definition) is 2. The fraction of sp³-hybridized carbons (Fsp3) is 0.364. The number of nitrogens with zero attached hydrogens (tertiary/aromatic N) is 1. The second kappa shape index (κ2) is 4.06. The lowest BCUT2D eigenvalue weighted by Gasteiger charge is -2.11. The second-order valence-electron chi connectivity index (χ2n) is 3.33. The van der Waals surface area contributed by atoms with Crippen LogP contribution in [-0.2, 0) is 0 Å². The highest BCUT2D eigenvalue weighted by atomic mass is 14.6. The molecule has 2 nitrogen and oxygen atoms in total. The molecule has 2 N–H and O–H groups in total. The van der Waals surface area contributed by atoms with Crippen LogP contribution in [0.3, 0.4) is 0 Å². The van der Waals surface area contributed by atoms with Gasteiger partial charge in [-0.15, -0.1) is 0 Å². The molecule has 0 saturated heterocycles. The van der Waals surface area contributed by atoms with Crippen molar-refractivity contribution in [3.8, 4) is 6.07 Å². The molecule has 0 heterocycles. The summed E-state index contributed by atoms with van der Waals surface area (Å²) < 4.78 is 0. The van der Waals surface area contributed by atoms with Crippen molar-refractivity contribution in [3.63, 3.8) is 0 Å². The first kappa shape index (κ1) is 9.76. The second-order valence-corrected chi connectivity index (χ2v) is 3.33. The standard InChI is InChI=1S/C11H14N2/c1-8-3-4-10(9(2)7-8)11(13)5-6-12/h3-4,7,11H,5,13H2,1-2H3/t11-/m1/s1. The van der Waals surface area contributed by atoms with Gasteiger partial charge in [0, 0.05) is 6.04 Å². The van der Waals surface area contributed by atoms with Gasteiger partial charge >= 0.3 is 0 Å². The van der Waals surface area contributed by atoms with E-state index in [9.17, 15) is 0 Å². The van der Waals surface area contributed by atoms with E-state index in [1.165, 1.54) is 11.1 Å². The Morgan fingerprint density at radius 3 is 2.69 bits per heavy atom. The van der Waals surface area contributed by atoms with E-state index in [0.29, 0.717) is 6.42 Å². The summed E-state index contributed by atoms with van der Waals surface area (Å²) in [6.07, 6.45) is 0.379. The Hall–Kier alpha value is -1.33. The summed E-state index contributed by atoms with van der Waals surface area (Å²) in [7, 11) is 0. The van der Waals surface area contributed by atoms with E-state index in [-0.39, 0.29) is 6.04 Å². The molecule has 0 radical (unpaired) electrons. The van der Waals surface area contributed by atoms with E-state index in [4.69, 9.17) is 11.0 Å². The van der Waals surface area contributed by atoms with Gasteiger partial charge < -0.3 is 5.73 Å². The van der Waals surface area contributed by atoms with Gasteiger partial charge in [0.2, 0.25) is 0 Å². The molecule has 0 fully saturated rings. The average molecular weight is 174 g/mol. The quantitative estimate of drug-likeness (QED) is 0.747. The molecule has 0 amide bonds. The molecule has 1 atom stereocenters. The monoisotopic (exact) mass is 174 g/mol. The van der Waals surface area contributed by atoms with Gasteiger partial charge in [0.25, 0.3) is 0 Å². The van der Waals surface area contributed by atoms with Crippen LogP contribution in [0, 0.1) is 25.2 Å². The van der Waals surface area contributed by atoms with Gasteiger partial charge in [0.05, 0.1) is 12.5 Å². The fourth-order valence-corrected chi connectivity index (χ4v) is 1.45. The Bertz CT molecular complexity index is 336. The van der Waals surface area contributed by atoms with Gasteiger partial charge in [-0.05, 0) is 25.0 Å². The Morgan fingerprint density at radius 2 is 2.15 bits per heavy atom. The van der Waals surface area contributed by atoms with E-state index in [2.05, 4.69) is 12.1 Å². The maximum Gasteiger partial charge on any atom is 0.0641 e. The van der Waals surface area contributed by atoms with Crippen LogP contribution >= 0.6 is 0 Å². The van der Waals surface area contributed by atoms with Crippen LogP contribution in [0.5, 0.6) is 0 Å². The van der Waals surface area contributed by atoms with Crippen LogP contribution in [-0.4, -0.2) is 0 Å². The molecule has 68 valence electrons. The smallest absolute Gasteiger partial charge is 0.0641 e. The van der Waals surface area contributed by atoms with E-state index in [1.54, 1.807) is 0 Å². The molecule has 0 spiro atoms. The highest BCUT2D eigenvalue weighted by molar-refractivity contribution is 5.32. The van der Waals surface area contributed by atoms with Crippen molar-refractivity contribution in [1.29, 1.82) is 5.26 Å². The van der Waals surface area contributed by atoms with Crippen molar-refractivity contribution in [2.24, 2.45) is 5.73 Å². The molecule has 13 heavy (non-hydrogen) atoms. The van der Waals surface area contributed by atoms with Crippen molar-refractivity contribution < 1.29 is 0 Å². The first-order valence-electron chi connectivity index (χ1n) is 4.35. The zero-order valence-electron chi connectivity index (χ0n) is 8.04. The van der Waals surface area contributed by atoms with Crippen molar-refractivity contribution >= 4 is 0 Å². The van der Waals surface area contributed by atoms with Crippen molar-refractivity contribution in [3.05, 3.63) is 34.9 Å². The number of aryl methyl sites for hydroxylation is 2. The van der Waals surface area contributed by atoms with Gasteiger partial charge in [0.1, 0.15) is 0 Å². The lowest BCUT2D eigenvalue weighted by molar-refractivity contribution is 0.742. The molecular weight excluding hydrogens is 160 g/mol. The molecule has 0 bridgehead atoms. The Labute approximate surface area is 79.0 Å². The largest absolute Gasteiger partial charge is 0.323 e. The SMILES string of the molecule is Cc1ccc([C@H](N)CC#N)c(C)c1. The number of nitriles is 1. The molecule has 0 unspecified atom stereocenters. The van der Waals surface area contributed by atoms with Crippen LogP contribution in [0.15, 0.2) is 18.2 Å². The summed E-state index contributed by atoms with van der Waals surface area (Å²) in [4.78, 5) is 0. The number of nitrogens with two attached hydrogens (primary N) is 1. The highest BCUT2D eigenvalue weighted by Crippen LogP contribution is 2.18. The number of hydrogen-bond donors (Lipinski definition) is 1. The molecule has 0 saturated carbocycles. The molecule has 0 aliphatic carbocycles. The fourth-order valence-electron chi connectivity index (χ4n) is 1.45. The predicted molar refractivity (Wildman–Crippen MR) is 53.1 cm³/mol. The minimum Gasteiger partial charge on any atom is -0.323 e. The summed E-state index contributed by atoms with van der Waals surface area (Å²) in [5.74, 6) is 0. The van der Waals surface area contributed by atoms with Gasteiger partial charge in [-0.1, -0.05) is 23.8 Å². The third-order valence-electron chi connectivity index (χ3n) is 2.14. The zero-order valence-corrected chi connectivity index (χ0v) is 8.04. The normalized spacial score (nSPS) is 12.2. The van der Waals surface area contributed by atoms with Crippen LogP contribution < -0.4 is 5.73 Å².